The minimum atomic E-state index is -0.368. The third kappa shape index (κ3) is 2.46. The minimum Gasteiger partial charge on any atom is -0.344 e. The van der Waals surface area contributed by atoms with Gasteiger partial charge in [0.05, 0.1) is 0 Å². The van der Waals surface area contributed by atoms with E-state index in [2.05, 4.69) is 9.88 Å². The summed E-state index contributed by atoms with van der Waals surface area (Å²) in [5, 5.41) is 0. The van der Waals surface area contributed by atoms with Crippen LogP contribution >= 0.6 is 0 Å². The van der Waals surface area contributed by atoms with E-state index in [0.717, 1.165) is 17.7 Å². The Balaban J connectivity index is 2.61. The minimum absolute atomic E-state index is 0.324. The molecular formula is C13H22N6O2. The molecule has 2 rings (SSSR count). The maximum atomic E-state index is 12.3. The maximum Gasteiger partial charge on any atom is 0.332 e. The number of aromatic nitrogens is 4. The van der Waals surface area contributed by atoms with Crippen LogP contribution in [0.15, 0.2) is 9.59 Å². The summed E-state index contributed by atoms with van der Waals surface area (Å²) in [6.45, 7) is 1.65. The lowest BCUT2D eigenvalue weighted by molar-refractivity contribution is 0.415. The zero-order chi connectivity index (χ0) is 15.9. The van der Waals surface area contributed by atoms with Crippen molar-refractivity contribution in [2.75, 3.05) is 39.1 Å². The fourth-order valence-electron chi connectivity index (χ4n) is 2.30. The smallest absolute Gasteiger partial charge is 0.332 e. The summed E-state index contributed by atoms with van der Waals surface area (Å²) in [7, 11) is 10.8. The number of aryl methyl sites for hydroxylation is 2. The molecule has 0 saturated carbocycles. The molecule has 0 spiro atoms. The molecule has 0 N–H and O–H groups in total. The van der Waals surface area contributed by atoms with Gasteiger partial charge in [-0.1, -0.05) is 0 Å². The van der Waals surface area contributed by atoms with Gasteiger partial charge in [-0.25, -0.2) is 4.79 Å². The zero-order valence-corrected chi connectivity index (χ0v) is 13.4. The van der Waals surface area contributed by atoms with Gasteiger partial charge in [-0.2, -0.15) is 4.98 Å². The van der Waals surface area contributed by atoms with Gasteiger partial charge in [0.1, 0.15) is 0 Å². The third-order valence-corrected chi connectivity index (χ3v) is 3.68. The summed E-state index contributed by atoms with van der Waals surface area (Å²) in [4.78, 5) is 32.8. The molecule has 2 heterocycles. The van der Waals surface area contributed by atoms with Crippen LogP contribution in [0.3, 0.4) is 0 Å². The van der Waals surface area contributed by atoms with Gasteiger partial charge in [0.15, 0.2) is 11.2 Å². The number of hydrogen-bond donors (Lipinski definition) is 0. The molecule has 0 aliphatic carbocycles. The summed E-state index contributed by atoms with van der Waals surface area (Å²) in [5.41, 5.74) is 0.159. The predicted molar refractivity (Wildman–Crippen MR) is 83.0 cm³/mol. The fourth-order valence-corrected chi connectivity index (χ4v) is 2.30. The van der Waals surface area contributed by atoms with E-state index in [9.17, 15) is 9.59 Å². The van der Waals surface area contributed by atoms with Crippen molar-refractivity contribution in [3.05, 3.63) is 20.8 Å². The monoisotopic (exact) mass is 294 g/mol. The number of rotatable bonds is 4. The van der Waals surface area contributed by atoms with Crippen LogP contribution in [0.5, 0.6) is 0 Å². The highest BCUT2D eigenvalue weighted by atomic mass is 16.2. The molecule has 8 heteroatoms. The van der Waals surface area contributed by atoms with Crippen LogP contribution < -0.4 is 16.1 Å². The van der Waals surface area contributed by atoms with Crippen LogP contribution in [0.2, 0.25) is 0 Å². The van der Waals surface area contributed by atoms with E-state index in [1.165, 1.54) is 11.6 Å². The van der Waals surface area contributed by atoms with Crippen molar-refractivity contribution in [1.82, 2.24) is 23.6 Å². The van der Waals surface area contributed by atoms with E-state index in [0.29, 0.717) is 17.1 Å². The van der Waals surface area contributed by atoms with Crippen LogP contribution in [0, 0.1) is 0 Å². The molecular weight excluding hydrogens is 272 g/mol. The Hall–Kier alpha value is -2.09. The van der Waals surface area contributed by atoms with Crippen LogP contribution in [-0.2, 0) is 21.1 Å². The molecule has 0 atom stereocenters. The van der Waals surface area contributed by atoms with E-state index in [-0.39, 0.29) is 11.2 Å². The lowest BCUT2D eigenvalue weighted by Gasteiger charge is -2.20. The van der Waals surface area contributed by atoms with Gasteiger partial charge in [-0.15, -0.1) is 0 Å². The summed E-state index contributed by atoms with van der Waals surface area (Å²) in [6, 6.07) is 0. The predicted octanol–water partition coefficient (Wildman–Crippen LogP) is -1.03. The molecule has 2 aromatic heterocycles. The lowest BCUT2D eigenvalue weighted by Crippen LogP contribution is -2.37. The van der Waals surface area contributed by atoms with Crippen molar-refractivity contribution in [3.8, 4) is 0 Å². The highest BCUT2D eigenvalue weighted by Crippen LogP contribution is 2.16. The Morgan fingerprint density at radius 3 is 2.14 bits per heavy atom. The molecule has 0 unspecified atom stereocenters. The first-order valence-electron chi connectivity index (χ1n) is 6.74. The van der Waals surface area contributed by atoms with Gasteiger partial charge in [-0.05, 0) is 14.1 Å². The zero-order valence-electron chi connectivity index (χ0n) is 13.4. The first-order valence-corrected chi connectivity index (χ1v) is 6.74. The van der Waals surface area contributed by atoms with Gasteiger partial charge >= 0.3 is 5.69 Å². The molecule has 2 aromatic rings. The number of fused-ring (bicyclic) bond motifs is 1. The summed E-state index contributed by atoms with van der Waals surface area (Å²) in [5.74, 6) is 0.671. The molecule has 21 heavy (non-hydrogen) atoms. The van der Waals surface area contributed by atoms with Gasteiger partial charge < -0.3 is 14.4 Å². The summed E-state index contributed by atoms with van der Waals surface area (Å²) < 4.78 is 4.25. The SMILES string of the molecule is CN(C)CCN(C)c1nc2c(c(=O)n(C)c(=O)n2C)n1C. The molecule has 0 bridgehead atoms. The molecule has 0 aliphatic heterocycles. The van der Waals surface area contributed by atoms with Crippen molar-refractivity contribution in [2.24, 2.45) is 21.1 Å². The van der Waals surface area contributed by atoms with Gasteiger partial charge in [0, 0.05) is 41.3 Å². The standard InChI is InChI=1S/C13H22N6O2/c1-15(2)7-8-16(3)12-14-10-9(17(12)4)11(20)19(6)13(21)18(10)5/h7-8H2,1-6H3. The highest BCUT2D eigenvalue weighted by molar-refractivity contribution is 5.74. The van der Waals surface area contributed by atoms with Crippen molar-refractivity contribution in [2.45, 2.75) is 0 Å². The molecule has 0 amide bonds. The van der Waals surface area contributed by atoms with Crippen molar-refractivity contribution in [3.63, 3.8) is 0 Å². The molecule has 8 nitrogen and oxygen atoms in total. The van der Waals surface area contributed by atoms with E-state index in [1.807, 2.05) is 26.0 Å². The first-order chi connectivity index (χ1) is 9.75. The Labute approximate surface area is 122 Å². The number of imidazole rings is 1. The second kappa shape index (κ2) is 5.36. The van der Waals surface area contributed by atoms with Gasteiger partial charge in [0.2, 0.25) is 5.95 Å². The normalized spacial score (nSPS) is 11.6. The average molecular weight is 294 g/mol. The fraction of sp³-hybridized carbons (Fsp3) is 0.615. The van der Waals surface area contributed by atoms with Crippen molar-refractivity contribution >= 4 is 17.1 Å². The lowest BCUT2D eigenvalue weighted by atomic mass is 10.5. The average Bonchev–Trinajstić information content (AvgIpc) is 2.78. The molecule has 0 aliphatic rings. The molecule has 0 radical (unpaired) electrons. The van der Waals surface area contributed by atoms with Crippen molar-refractivity contribution in [1.29, 1.82) is 0 Å². The second-order valence-corrected chi connectivity index (χ2v) is 5.57. The molecule has 116 valence electrons. The number of hydrogen-bond acceptors (Lipinski definition) is 5. The van der Waals surface area contributed by atoms with Crippen LogP contribution in [0.1, 0.15) is 0 Å². The molecule has 0 aromatic carbocycles. The second-order valence-electron chi connectivity index (χ2n) is 5.57. The van der Waals surface area contributed by atoms with Crippen LogP contribution in [0.4, 0.5) is 5.95 Å². The topological polar surface area (TPSA) is 68.3 Å². The Morgan fingerprint density at radius 2 is 1.57 bits per heavy atom. The van der Waals surface area contributed by atoms with Gasteiger partial charge in [-0.3, -0.25) is 13.9 Å². The van der Waals surface area contributed by atoms with Gasteiger partial charge in [0.25, 0.3) is 5.56 Å². The van der Waals surface area contributed by atoms with E-state index >= 15 is 0 Å². The quantitative estimate of drug-likeness (QED) is 0.721. The number of likely N-dealkylation sites (N-methyl/N-ethyl adjacent to an activating group) is 2. The largest absolute Gasteiger partial charge is 0.344 e. The number of anilines is 1. The Bertz CT molecular complexity index is 783. The summed E-state index contributed by atoms with van der Waals surface area (Å²) in [6.07, 6.45) is 0. The van der Waals surface area contributed by atoms with Crippen LogP contribution in [0.25, 0.3) is 11.2 Å². The first kappa shape index (κ1) is 15.3. The van der Waals surface area contributed by atoms with E-state index in [4.69, 9.17) is 0 Å². The Kier molecular flexibility index (Phi) is 3.91. The Morgan fingerprint density at radius 1 is 0.952 bits per heavy atom. The van der Waals surface area contributed by atoms with E-state index < -0.39 is 0 Å². The molecule has 0 saturated heterocycles. The van der Waals surface area contributed by atoms with Crippen molar-refractivity contribution < 1.29 is 0 Å². The highest BCUT2D eigenvalue weighted by Gasteiger charge is 2.18. The third-order valence-electron chi connectivity index (χ3n) is 3.68. The maximum absolute atomic E-state index is 12.3. The van der Waals surface area contributed by atoms with E-state index in [1.54, 1.807) is 18.7 Å². The molecule has 0 fully saturated rings. The number of nitrogens with zero attached hydrogens (tertiary/aromatic N) is 6. The van der Waals surface area contributed by atoms with Crippen LogP contribution in [-0.4, -0.2) is 57.8 Å². The summed E-state index contributed by atoms with van der Waals surface area (Å²) >= 11 is 0.